The number of fused-ring (bicyclic) bond motifs is 1. The monoisotopic (exact) mass is 461 g/mol. The first-order valence-electron chi connectivity index (χ1n) is 10.9. The summed E-state index contributed by atoms with van der Waals surface area (Å²) in [7, 11) is 1.50. The number of benzene rings is 1. The fourth-order valence-electron chi connectivity index (χ4n) is 4.04. The molecule has 34 heavy (non-hydrogen) atoms. The fraction of sp³-hybridized carbons (Fsp3) is 0.250. The Morgan fingerprint density at radius 3 is 2.79 bits per heavy atom. The minimum atomic E-state index is -0.424. The van der Waals surface area contributed by atoms with Crippen LogP contribution in [0, 0.1) is 5.82 Å². The second-order valence-electron chi connectivity index (χ2n) is 8.12. The summed E-state index contributed by atoms with van der Waals surface area (Å²) in [5, 5.41) is 3.22. The van der Waals surface area contributed by atoms with Crippen molar-refractivity contribution in [1.82, 2.24) is 29.7 Å². The van der Waals surface area contributed by atoms with Crippen molar-refractivity contribution in [2.45, 2.75) is 6.54 Å². The predicted molar refractivity (Wildman–Crippen MR) is 126 cm³/mol. The molecule has 174 valence electrons. The van der Waals surface area contributed by atoms with E-state index in [1.807, 2.05) is 30.3 Å². The number of methoxy groups -OCH3 is 1. The zero-order chi connectivity index (χ0) is 23.5. The molecule has 1 fully saturated rings. The van der Waals surface area contributed by atoms with E-state index in [1.54, 1.807) is 17.2 Å². The van der Waals surface area contributed by atoms with Gasteiger partial charge in [-0.15, -0.1) is 0 Å². The first-order valence-corrected chi connectivity index (χ1v) is 10.9. The molecule has 0 radical (unpaired) electrons. The lowest BCUT2D eigenvalue weighted by Crippen LogP contribution is -2.45. The molecule has 5 rings (SSSR count). The van der Waals surface area contributed by atoms with Crippen molar-refractivity contribution >= 4 is 29.2 Å². The lowest BCUT2D eigenvalue weighted by Gasteiger charge is -2.32. The number of H-pyrrole nitrogens is 1. The molecule has 0 aliphatic carbocycles. The first kappa shape index (κ1) is 21.8. The Hall–Kier alpha value is -4.05. The van der Waals surface area contributed by atoms with Crippen LogP contribution in [-0.4, -0.2) is 69.4 Å². The Bertz CT molecular complexity index is 1320. The third kappa shape index (κ3) is 4.67. The molecule has 0 spiro atoms. The lowest BCUT2D eigenvalue weighted by atomic mass is 10.1. The quantitative estimate of drug-likeness (QED) is 0.408. The Balaban J connectivity index is 1.32. The number of hydrogen-bond acceptors (Lipinski definition) is 7. The van der Waals surface area contributed by atoms with Crippen molar-refractivity contribution < 1.29 is 13.9 Å². The van der Waals surface area contributed by atoms with E-state index >= 15 is 0 Å². The van der Waals surface area contributed by atoms with Crippen LogP contribution in [0.15, 0.2) is 48.8 Å². The zero-order valence-electron chi connectivity index (χ0n) is 18.7. The number of nitrogens with one attached hydrogen (secondary N) is 2. The highest BCUT2D eigenvalue weighted by molar-refractivity contribution is 5.84. The number of anilines is 2. The van der Waals surface area contributed by atoms with E-state index in [2.05, 4.69) is 30.2 Å². The Kier molecular flexibility index (Phi) is 6.05. The molecule has 3 aromatic heterocycles. The number of hydrogen-bond donors (Lipinski definition) is 2. The fourth-order valence-corrected chi connectivity index (χ4v) is 4.04. The Morgan fingerprint density at radius 1 is 1.15 bits per heavy atom. The second kappa shape index (κ2) is 9.44. The van der Waals surface area contributed by atoms with Crippen LogP contribution in [0.1, 0.15) is 5.56 Å². The number of pyridine rings is 2. The van der Waals surface area contributed by atoms with Crippen LogP contribution in [0.25, 0.3) is 22.2 Å². The molecular formula is C24H24FN7O2. The standard InChI is InChI=1S/C24H24FN7O2/c1-34-23-12-18(19(25)13-27-23)17-2-3-20-21(11-17)29-24(28-20)30-22-10-16(4-5-26-22)14-31-6-8-32(15-33)9-7-31/h2-5,10-13,15H,6-9,14H2,1H3,(H2,26,28,29,30). The summed E-state index contributed by atoms with van der Waals surface area (Å²) in [6.45, 7) is 3.97. The molecule has 9 nitrogen and oxygen atoms in total. The van der Waals surface area contributed by atoms with E-state index in [0.717, 1.165) is 61.9 Å². The molecule has 4 heterocycles. The zero-order valence-corrected chi connectivity index (χ0v) is 18.7. The van der Waals surface area contributed by atoms with Gasteiger partial charge in [0.2, 0.25) is 18.2 Å². The number of rotatable bonds is 7. The van der Waals surface area contributed by atoms with Crippen molar-refractivity contribution in [2.24, 2.45) is 0 Å². The van der Waals surface area contributed by atoms with E-state index in [1.165, 1.54) is 7.11 Å². The van der Waals surface area contributed by atoms with Gasteiger partial charge in [-0.3, -0.25) is 9.69 Å². The average molecular weight is 462 g/mol. The van der Waals surface area contributed by atoms with E-state index < -0.39 is 5.82 Å². The van der Waals surface area contributed by atoms with Gasteiger partial charge in [0.1, 0.15) is 11.6 Å². The van der Waals surface area contributed by atoms with Gasteiger partial charge >= 0.3 is 0 Å². The maximum Gasteiger partial charge on any atom is 0.213 e. The summed E-state index contributed by atoms with van der Waals surface area (Å²) in [5.41, 5.74) is 3.73. The van der Waals surface area contributed by atoms with Crippen molar-refractivity contribution in [3.8, 4) is 17.0 Å². The second-order valence-corrected chi connectivity index (χ2v) is 8.12. The van der Waals surface area contributed by atoms with Crippen molar-refractivity contribution in [3.05, 3.63) is 60.2 Å². The van der Waals surface area contributed by atoms with Gasteiger partial charge < -0.3 is 19.9 Å². The molecule has 1 aliphatic rings. The van der Waals surface area contributed by atoms with Gasteiger partial charge in [0, 0.05) is 50.6 Å². The number of carbonyl (C=O) groups is 1. The summed E-state index contributed by atoms with van der Waals surface area (Å²) in [6.07, 6.45) is 3.82. The van der Waals surface area contributed by atoms with Gasteiger partial charge in [-0.05, 0) is 35.4 Å². The van der Waals surface area contributed by atoms with Crippen LogP contribution < -0.4 is 10.1 Å². The van der Waals surface area contributed by atoms with E-state index in [0.29, 0.717) is 28.8 Å². The molecule has 0 atom stereocenters. The van der Waals surface area contributed by atoms with Crippen molar-refractivity contribution in [2.75, 3.05) is 38.6 Å². The highest BCUT2D eigenvalue weighted by Crippen LogP contribution is 2.28. The Morgan fingerprint density at radius 2 is 2.00 bits per heavy atom. The van der Waals surface area contributed by atoms with Gasteiger partial charge in [-0.2, -0.15) is 0 Å². The summed E-state index contributed by atoms with van der Waals surface area (Å²) in [4.78, 5) is 31.1. The number of nitrogens with zero attached hydrogens (tertiary/aromatic N) is 5. The average Bonchev–Trinajstić information content (AvgIpc) is 3.26. The summed E-state index contributed by atoms with van der Waals surface area (Å²) in [6, 6.07) is 11.0. The molecule has 2 N–H and O–H groups in total. The number of halogens is 1. The third-order valence-corrected chi connectivity index (χ3v) is 5.87. The van der Waals surface area contributed by atoms with Gasteiger partial charge in [0.05, 0.1) is 24.3 Å². The van der Waals surface area contributed by atoms with Crippen molar-refractivity contribution in [1.29, 1.82) is 0 Å². The van der Waals surface area contributed by atoms with Gasteiger partial charge in [-0.1, -0.05) is 6.07 Å². The molecule has 0 bridgehead atoms. The number of amides is 1. The number of piperazine rings is 1. The van der Waals surface area contributed by atoms with E-state index in [4.69, 9.17) is 4.74 Å². The molecule has 1 amide bonds. The molecular weight excluding hydrogens is 437 g/mol. The maximum atomic E-state index is 14.3. The molecule has 1 saturated heterocycles. The predicted octanol–water partition coefficient (Wildman–Crippen LogP) is 3.19. The highest BCUT2D eigenvalue weighted by Gasteiger charge is 2.16. The SMILES string of the molecule is COc1cc(-c2ccc3nc(Nc4cc(CN5CCN(C=O)CC5)ccn4)[nH]c3c2)c(F)cn1. The van der Waals surface area contributed by atoms with Crippen molar-refractivity contribution in [3.63, 3.8) is 0 Å². The van der Waals surface area contributed by atoms with Crippen LogP contribution in [0.3, 0.4) is 0 Å². The maximum absolute atomic E-state index is 14.3. The van der Waals surface area contributed by atoms with E-state index in [9.17, 15) is 9.18 Å². The number of ether oxygens (including phenoxy) is 1. The number of imidazole rings is 1. The molecule has 1 aromatic carbocycles. The normalized spacial score (nSPS) is 14.4. The summed E-state index contributed by atoms with van der Waals surface area (Å²) in [5.74, 6) is 1.14. The van der Waals surface area contributed by atoms with Crippen LogP contribution in [-0.2, 0) is 11.3 Å². The molecule has 0 saturated carbocycles. The third-order valence-electron chi connectivity index (χ3n) is 5.87. The number of aromatic amines is 1. The molecule has 1 aliphatic heterocycles. The van der Waals surface area contributed by atoms with Gasteiger partial charge in [0.25, 0.3) is 0 Å². The van der Waals surface area contributed by atoms with Crippen LogP contribution >= 0.6 is 0 Å². The molecule has 0 unspecified atom stereocenters. The minimum absolute atomic E-state index is 0.347. The smallest absolute Gasteiger partial charge is 0.213 e. The Labute approximate surface area is 195 Å². The molecule has 10 heteroatoms. The topological polar surface area (TPSA) is 99.3 Å². The summed E-state index contributed by atoms with van der Waals surface area (Å²) < 4.78 is 19.5. The minimum Gasteiger partial charge on any atom is -0.481 e. The molecule has 4 aromatic rings. The van der Waals surface area contributed by atoms with Crippen LogP contribution in [0.2, 0.25) is 0 Å². The number of carbonyl (C=O) groups excluding carboxylic acids is 1. The van der Waals surface area contributed by atoms with Gasteiger partial charge in [-0.25, -0.2) is 19.3 Å². The number of aromatic nitrogens is 4. The summed E-state index contributed by atoms with van der Waals surface area (Å²) >= 11 is 0. The van der Waals surface area contributed by atoms with E-state index in [-0.39, 0.29) is 0 Å². The first-order chi connectivity index (χ1) is 16.6. The van der Waals surface area contributed by atoms with Gasteiger partial charge in [0.15, 0.2) is 0 Å². The highest BCUT2D eigenvalue weighted by atomic mass is 19.1. The largest absolute Gasteiger partial charge is 0.481 e. The lowest BCUT2D eigenvalue weighted by molar-refractivity contribution is -0.119. The van der Waals surface area contributed by atoms with Crippen LogP contribution in [0.4, 0.5) is 16.2 Å². The van der Waals surface area contributed by atoms with Crippen LogP contribution in [0.5, 0.6) is 5.88 Å².